The smallest absolute Gasteiger partial charge is 0.149 e. The highest BCUT2D eigenvalue weighted by molar-refractivity contribution is 6.32. The third-order valence-corrected chi connectivity index (χ3v) is 3.84. The molecule has 0 fully saturated rings. The Morgan fingerprint density at radius 2 is 1.70 bits per heavy atom. The molecule has 2 aromatic carbocycles. The molecule has 2 aromatic rings. The number of aryl methyl sites for hydroxylation is 2. The third kappa shape index (κ3) is 2.97. The number of para-hydroxylation sites is 1. The molecule has 0 aromatic heterocycles. The highest BCUT2D eigenvalue weighted by Gasteiger charge is 2.13. The highest BCUT2D eigenvalue weighted by Crippen LogP contribution is 2.36. The van der Waals surface area contributed by atoms with Crippen LogP contribution in [0.25, 0.3) is 0 Å². The summed E-state index contributed by atoms with van der Waals surface area (Å²) in [6.07, 6.45) is 0.750. The van der Waals surface area contributed by atoms with Gasteiger partial charge in [0.2, 0.25) is 0 Å². The van der Waals surface area contributed by atoms with Crippen LogP contribution in [-0.4, -0.2) is 6.54 Å². The molecule has 0 amide bonds. The van der Waals surface area contributed by atoms with E-state index < -0.39 is 0 Å². The summed E-state index contributed by atoms with van der Waals surface area (Å²) in [6, 6.07) is 9.95. The van der Waals surface area contributed by atoms with Crippen molar-refractivity contribution < 1.29 is 4.74 Å². The van der Waals surface area contributed by atoms with E-state index in [0.717, 1.165) is 34.6 Å². The minimum Gasteiger partial charge on any atom is -0.455 e. The fraction of sp³-hybridized carbons (Fsp3) is 0.294. The van der Waals surface area contributed by atoms with Crippen molar-refractivity contribution in [1.82, 2.24) is 0 Å². The molecule has 0 heterocycles. The van der Waals surface area contributed by atoms with E-state index in [1.165, 1.54) is 5.56 Å². The van der Waals surface area contributed by atoms with Gasteiger partial charge in [0, 0.05) is 0 Å². The van der Waals surface area contributed by atoms with Crippen LogP contribution in [0.2, 0.25) is 5.02 Å². The van der Waals surface area contributed by atoms with Crippen LogP contribution in [0.5, 0.6) is 11.5 Å². The minimum atomic E-state index is 0.572. The number of ether oxygens (including phenoxy) is 1. The van der Waals surface area contributed by atoms with Gasteiger partial charge >= 0.3 is 0 Å². The van der Waals surface area contributed by atoms with Gasteiger partial charge < -0.3 is 10.5 Å². The summed E-state index contributed by atoms with van der Waals surface area (Å²) in [6.45, 7) is 6.76. The van der Waals surface area contributed by atoms with Crippen molar-refractivity contribution in [1.29, 1.82) is 0 Å². The molecule has 0 aliphatic carbocycles. The van der Waals surface area contributed by atoms with Crippen molar-refractivity contribution in [2.45, 2.75) is 27.2 Å². The largest absolute Gasteiger partial charge is 0.455 e. The molecule has 106 valence electrons. The average Bonchev–Trinajstić information content (AvgIpc) is 2.42. The van der Waals surface area contributed by atoms with Gasteiger partial charge in [0.05, 0.1) is 5.02 Å². The Morgan fingerprint density at radius 1 is 1.00 bits per heavy atom. The zero-order valence-electron chi connectivity index (χ0n) is 12.2. The summed E-state index contributed by atoms with van der Waals surface area (Å²) < 4.78 is 6.15. The molecule has 0 atom stereocenters. The van der Waals surface area contributed by atoms with Gasteiger partial charge in [0.15, 0.2) is 0 Å². The van der Waals surface area contributed by atoms with Crippen molar-refractivity contribution in [3.63, 3.8) is 0 Å². The van der Waals surface area contributed by atoms with Gasteiger partial charge in [-0.2, -0.15) is 0 Å². The maximum absolute atomic E-state index is 6.29. The summed E-state index contributed by atoms with van der Waals surface area (Å²) >= 11 is 6.29. The van der Waals surface area contributed by atoms with E-state index in [4.69, 9.17) is 22.1 Å². The normalized spacial score (nSPS) is 10.7. The molecule has 3 heteroatoms. The van der Waals surface area contributed by atoms with Crippen LogP contribution in [0.3, 0.4) is 0 Å². The van der Waals surface area contributed by atoms with Crippen molar-refractivity contribution >= 4 is 11.6 Å². The first-order valence-electron chi connectivity index (χ1n) is 6.76. The van der Waals surface area contributed by atoms with Crippen LogP contribution in [-0.2, 0) is 6.42 Å². The number of hydrogen-bond acceptors (Lipinski definition) is 2. The molecule has 0 saturated heterocycles. The van der Waals surface area contributed by atoms with Gasteiger partial charge in [-0.05, 0) is 62.1 Å². The van der Waals surface area contributed by atoms with E-state index in [0.29, 0.717) is 11.6 Å². The Balaban J connectivity index is 2.47. The Bertz CT molecular complexity index is 623. The summed E-state index contributed by atoms with van der Waals surface area (Å²) in [4.78, 5) is 0. The number of nitrogens with two attached hydrogens (primary N) is 1. The zero-order valence-corrected chi connectivity index (χ0v) is 12.9. The van der Waals surface area contributed by atoms with Crippen LogP contribution in [0.15, 0.2) is 30.3 Å². The molecule has 2 rings (SSSR count). The van der Waals surface area contributed by atoms with Crippen LogP contribution >= 0.6 is 11.6 Å². The van der Waals surface area contributed by atoms with Crippen LogP contribution < -0.4 is 10.5 Å². The Hall–Kier alpha value is -1.51. The molecule has 0 bridgehead atoms. The molecule has 0 radical (unpaired) electrons. The standard InChI is InChI=1S/C17H20ClNO/c1-11-7-8-12(2)16(13(11)3)20-17-14(9-10-19)5-4-6-15(17)18/h4-8H,9-10,19H2,1-3H3. The number of hydrogen-bond donors (Lipinski definition) is 1. The molecule has 0 spiro atoms. The Labute approximate surface area is 125 Å². The Morgan fingerprint density at radius 3 is 2.40 bits per heavy atom. The van der Waals surface area contributed by atoms with Crippen molar-refractivity contribution in [3.8, 4) is 11.5 Å². The molecule has 2 nitrogen and oxygen atoms in total. The lowest BCUT2D eigenvalue weighted by Gasteiger charge is -2.17. The van der Waals surface area contributed by atoms with Gasteiger partial charge in [-0.1, -0.05) is 35.9 Å². The maximum atomic E-state index is 6.29. The van der Waals surface area contributed by atoms with Gasteiger partial charge in [-0.15, -0.1) is 0 Å². The molecule has 2 N–H and O–H groups in total. The second-order valence-corrected chi connectivity index (χ2v) is 5.43. The van der Waals surface area contributed by atoms with Crippen molar-refractivity contribution in [2.24, 2.45) is 5.73 Å². The van der Waals surface area contributed by atoms with E-state index in [1.807, 2.05) is 25.1 Å². The van der Waals surface area contributed by atoms with E-state index in [2.05, 4.69) is 26.0 Å². The molecule has 20 heavy (non-hydrogen) atoms. The second-order valence-electron chi connectivity index (χ2n) is 5.02. The van der Waals surface area contributed by atoms with Gasteiger partial charge in [-0.3, -0.25) is 0 Å². The summed E-state index contributed by atoms with van der Waals surface area (Å²) in [5, 5.41) is 0.622. The summed E-state index contributed by atoms with van der Waals surface area (Å²) in [7, 11) is 0. The van der Waals surface area contributed by atoms with E-state index in [9.17, 15) is 0 Å². The van der Waals surface area contributed by atoms with Gasteiger partial charge in [0.1, 0.15) is 11.5 Å². The first kappa shape index (κ1) is 14.9. The fourth-order valence-electron chi connectivity index (χ4n) is 2.20. The van der Waals surface area contributed by atoms with E-state index >= 15 is 0 Å². The molecule has 0 aliphatic heterocycles. The number of benzene rings is 2. The lowest BCUT2D eigenvalue weighted by Crippen LogP contribution is -2.05. The summed E-state index contributed by atoms with van der Waals surface area (Å²) in [5.74, 6) is 1.60. The Kier molecular flexibility index (Phi) is 4.69. The first-order chi connectivity index (χ1) is 9.54. The fourth-order valence-corrected chi connectivity index (χ4v) is 2.44. The molecular weight excluding hydrogens is 270 g/mol. The van der Waals surface area contributed by atoms with E-state index in [-0.39, 0.29) is 0 Å². The van der Waals surface area contributed by atoms with Gasteiger partial charge in [-0.25, -0.2) is 0 Å². The van der Waals surface area contributed by atoms with Crippen LogP contribution in [0.1, 0.15) is 22.3 Å². The zero-order chi connectivity index (χ0) is 14.7. The predicted molar refractivity (Wildman–Crippen MR) is 84.9 cm³/mol. The van der Waals surface area contributed by atoms with Crippen LogP contribution in [0.4, 0.5) is 0 Å². The van der Waals surface area contributed by atoms with Crippen molar-refractivity contribution in [2.75, 3.05) is 6.54 Å². The highest BCUT2D eigenvalue weighted by atomic mass is 35.5. The molecular formula is C17H20ClNO. The third-order valence-electron chi connectivity index (χ3n) is 3.54. The van der Waals surface area contributed by atoms with Crippen molar-refractivity contribution in [3.05, 3.63) is 57.6 Å². The minimum absolute atomic E-state index is 0.572. The quantitative estimate of drug-likeness (QED) is 0.895. The molecule has 0 saturated carbocycles. The summed E-state index contributed by atoms with van der Waals surface area (Å²) in [5.41, 5.74) is 10.2. The molecule has 0 unspecified atom stereocenters. The first-order valence-corrected chi connectivity index (χ1v) is 7.14. The van der Waals surface area contributed by atoms with Gasteiger partial charge in [0.25, 0.3) is 0 Å². The molecule has 0 aliphatic rings. The SMILES string of the molecule is Cc1ccc(C)c(Oc2c(Cl)cccc2CCN)c1C. The van der Waals surface area contributed by atoms with E-state index in [1.54, 1.807) is 0 Å². The lowest BCUT2D eigenvalue weighted by atomic mass is 10.0. The average molecular weight is 290 g/mol. The topological polar surface area (TPSA) is 35.2 Å². The monoisotopic (exact) mass is 289 g/mol. The number of rotatable bonds is 4. The number of halogens is 1. The second kappa shape index (κ2) is 6.29. The van der Waals surface area contributed by atoms with Crippen LogP contribution in [0, 0.1) is 20.8 Å². The predicted octanol–water partition coefficient (Wildman–Crippen LogP) is 4.56. The maximum Gasteiger partial charge on any atom is 0.149 e. The lowest BCUT2D eigenvalue weighted by molar-refractivity contribution is 0.468.